The van der Waals surface area contributed by atoms with Crippen molar-refractivity contribution in [3.05, 3.63) is 48.9 Å². The van der Waals surface area contributed by atoms with Crippen LogP contribution in [0.25, 0.3) is 33.5 Å². The van der Waals surface area contributed by atoms with Gasteiger partial charge in [0, 0.05) is 50.4 Å². The van der Waals surface area contributed by atoms with Crippen molar-refractivity contribution >= 4 is 34.9 Å². The van der Waals surface area contributed by atoms with E-state index in [-0.39, 0.29) is 6.03 Å². The Morgan fingerprint density at radius 3 is 2.45 bits per heavy atom. The van der Waals surface area contributed by atoms with E-state index >= 15 is 0 Å². The van der Waals surface area contributed by atoms with E-state index in [0.717, 1.165) is 11.1 Å². The van der Waals surface area contributed by atoms with Gasteiger partial charge in [-0.15, -0.1) is 0 Å². The van der Waals surface area contributed by atoms with Gasteiger partial charge in [-0.05, 0) is 42.8 Å². The summed E-state index contributed by atoms with van der Waals surface area (Å²) < 4.78 is 0. The molecule has 4 amide bonds. The first kappa shape index (κ1) is 21.7. The van der Waals surface area contributed by atoms with Crippen LogP contribution in [0.4, 0.5) is 21.4 Å². The molecule has 0 aliphatic carbocycles. The maximum Gasteiger partial charge on any atom is 0.322 e. The van der Waals surface area contributed by atoms with Gasteiger partial charge in [0.1, 0.15) is 11.3 Å². The molecule has 0 bridgehead atoms. The van der Waals surface area contributed by atoms with Crippen LogP contribution in [0.3, 0.4) is 0 Å². The van der Waals surface area contributed by atoms with Gasteiger partial charge in [-0.25, -0.2) is 29.5 Å². The predicted molar refractivity (Wildman–Crippen MR) is 126 cm³/mol. The van der Waals surface area contributed by atoms with Crippen molar-refractivity contribution in [3.63, 3.8) is 0 Å². The number of H-pyrrole nitrogens is 1. The molecule has 11 nitrogen and oxygen atoms in total. The summed E-state index contributed by atoms with van der Waals surface area (Å²) in [6.07, 6.45) is 4.97. The minimum Gasteiger partial charge on any atom is -0.351 e. The first-order chi connectivity index (χ1) is 15.9. The zero-order valence-corrected chi connectivity index (χ0v) is 18.4. The number of nitrogens with one attached hydrogen (secondary N) is 2. The highest BCUT2D eigenvalue weighted by molar-refractivity contribution is 5.98. The number of hydrogen-bond acceptors (Lipinski definition) is 6. The zero-order valence-electron chi connectivity index (χ0n) is 18.4. The summed E-state index contributed by atoms with van der Waals surface area (Å²) in [6, 6.07) is 8.27. The molecule has 0 aliphatic heterocycles. The number of pyridine rings is 1. The molecule has 0 spiro atoms. The smallest absolute Gasteiger partial charge is 0.322 e. The third-order valence-electron chi connectivity index (χ3n) is 4.96. The molecule has 4 aromatic rings. The summed E-state index contributed by atoms with van der Waals surface area (Å²) in [5.74, 6) is 1.27. The summed E-state index contributed by atoms with van der Waals surface area (Å²) in [4.78, 5) is 47.3. The molecular formula is C22H23N9O2. The number of carbonyl (C=O) groups is 2. The third kappa shape index (κ3) is 4.42. The van der Waals surface area contributed by atoms with E-state index in [1.54, 1.807) is 44.8 Å². The van der Waals surface area contributed by atoms with Crippen LogP contribution in [0.5, 0.6) is 0 Å². The number of fused-ring (bicyclic) bond motifs is 1. The lowest BCUT2D eigenvalue weighted by atomic mass is 10.0. The first-order valence-corrected chi connectivity index (χ1v) is 10.2. The molecule has 0 saturated heterocycles. The maximum absolute atomic E-state index is 11.9. The Bertz CT molecular complexity index is 1300. The normalized spacial score (nSPS) is 10.8. The van der Waals surface area contributed by atoms with Crippen molar-refractivity contribution in [2.24, 2.45) is 5.73 Å². The van der Waals surface area contributed by atoms with E-state index in [0.29, 0.717) is 40.7 Å². The molecule has 11 heteroatoms. The molecule has 4 rings (SSSR count). The Hall–Kier alpha value is -4.54. The average Bonchev–Trinajstić information content (AvgIpc) is 3.23. The van der Waals surface area contributed by atoms with Gasteiger partial charge in [0.15, 0.2) is 5.82 Å². The van der Waals surface area contributed by atoms with Gasteiger partial charge in [0.05, 0.1) is 5.52 Å². The molecule has 0 aliphatic rings. The van der Waals surface area contributed by atoms with Crippen LogP contribution in [0.1, 0.15) is 6.92 Å². The fourth-order valence-electron chi connectivity index (χ4n) is 3.28. The van der Waals surface area contributed by atoms with Gasteiger partial charge in [0.2, 0.25) is 5.95 Å². The minimum absolute atomic E-state index is 0.264. The van der Waals surface area contributed by atoms with E-state index in [9.17, 15) is 9.59 Å². The summed E-state index contributed by atoms with van der Waals surface area (Å²) in [6.45, 7) is 2.18. The van der Waals surface area contributed by atoms with Crippen LogP contribution in [-0.2, 0) is 0 Å². The number of rotatable bonds is 5. The SMILES string of the molecule is CCN(C(N)=O)c1nc2c(-c3ncccn3)cc(-c3ccc(NC(=O)N(C)C)nc3)cc2[nH]1. The Labute approximate surface area is 189 Å². The lowest BCUT2D eigenvalue weighted by molar-refractivity contribution is 0.230. The van der Waals surface area contributed by atoms with E-state index in [4.69, 9.17) is 5.73 Å². The van der Waals surface area contributed by atoms with Crippen molar-refractivity contribution in [1.82, 2.24) is 29.8 Å². The molecule has 0 saturated carbocycles. The van der Waals surface area contributed by atoms with Gasteiger partial charge >= 0.3 is 12.1 Å². The number of aromatic nitrogens is 5. The van der Waals surface area contributed by atoms with Crippen molar-refractivity contribution in [2.75, 3.05) is 30.9 Å². The van der Waals surface area contributed by atoms with Gasteiger partial charge in [-0.1, -0.05) is 0 Å². The average molecular weight is 445 g/mol. The Morgan fingerprint density at radius 1 is 1.09 bits per heavy atom. The van der Waals surface area contributed by atoms with Crippen molar-refractivity contribution < 1.29 is 9.59 Å². The number of nitrogens with two attached hydrogens (primary N) is 1. The molecule has 0 unspecified atom stereocenters. The third-order valence-corrected chi connectivity index (χ3v) is 4.96. The Morgan fingerprint density at radius 2 is 1.85 bits per heavy atom. The number of anilines is 2. The molecular weight excluding hydrogens is 422 g/mol. The molecule has 0 atom stereocenters. The maximum atomic E-state index is 11.9. The number of aromatic amines is 1. The predicted octanol–water partition coefficient (Wildman–Crippen LogP) is 3.08. The highest BCUT2D eigenvalue weighted by atomic mass is 16.2. The Kier molecular flexibility index (Phi) is 5.85. The lowest BCUT2D eigenvalue weighted by Crippen LogP contribution is -2.36. The summed E-state index contributed by atoms with van der Waals surface area (Å²) in [5.41, 5.74) is 9.14. The van der Waals surface area contributed by atoms with Gasteiger partial charge in [-0.2, -0.15) is 0 Å². The van der Waals surface area contributed by atoms with Crippen molar-refractivity contribution in [2.45, 2.75) is 6.92 Å². The van der Waals surface area contributed by atoms with Crippen LogP contribution in [0, 0.1) is 0 Å². The van der Waals surface area contributed by atoms with E-state index in [1.165, 1.54) is 9.80 Å². The van der Waals surface area contributed by atoms with Crippen LogP contribution in [0.2, 0.25) is 0 Å². The molecule has 0 radical (unpaired) electrons. The second kappa shape index (κ2) is 8.91. The van der Waals surface area contributed by atoms with E-state index in [1.807, 2.05) is 25.1 Å². The zero-order chi connectivity index (χ0) is 23.5. The van der Waals surface area contributed by atoms with Crippen molar-refractivity contribution in [3.8, 4) is 22.5 Å². The monoisotopic (exact) mass is 445 g/mol. The van der Waals surface area contributed by atoms with Crippen LogP contribution >= 0.6 is 0 Å². The van der Waals surface area contributed by atoms with Crippen LogP contribution in [0.15, 0.2) is 48.9 Å². The molecule has 4 N–H and O–H groups in total. The highest BCUT2D eigenvalue weighted by Crippen LogP contribution is 2.33. The van der Waals surface area contributed by atoms with Gasteiger partial charge < -0.3 is 15.6 Å². The number of imidazole rings is 1. The first-order valence-electron chi connectivity index (χ1n) is 10.2. The fraction of sp³-hybridized carbons (Fsp3) is 0.182. The summed E-state index contributed by atoms with van der Waals surface area (Å²) in [7, 11) is 3.31. The highest BCUT2D eigenvalue weighted by Gasteiger charge is 2.19. The number of nitrogens with zero attached hydrogens (tertiary/aromatic N) is 6. The Balaban J connectivity index is 1.81. The largest absolute Gasteiger partial charge is 0.351 e. The molecule has 0 fully saturated rings. The van der Waals surface area contributed by atoms with Gasteiger partial charge in [-0.3, -0.25) is 10.2 Å². The molecule has 33 heavy (non-hydrogen) atoms. The van der Waals surface area contributed by atoms with Crippen molar-refractivity contribution in [1.29, 1.82) is 0 Å². The molecule has 168 valence electrons. The number of primary amides is 1. The second-order valence-electron chi connectivity index (χ2n) is 7.39. The fourth-order valence-corrected chi connectivity index (χ4v) is 3.28. The number of carbonyl (C=O) groups excluding carboxylic acids is 2. The number of hydrogen-bond donors (Lipinski definition) is 3. The number of benzene rings is 1. The standard InChI is InChI=1S/C22H23N9O2/c1-4-31(20(23)32)21-27-16-11-14(10-15(18(16)29-21)19-24-8-5-9-25-19)13-6-7-17(26-12-13)28-22(33)30(2)3/h5-12H,4H2,1-3H3,(H2,23,32)(H,27,29)(H,26,28,33). The second-order valence-corrected chi connectivity index (χ2v) is 7.39. The number of urea groups is 2. The van der Waals surface area contributed by atoms with Gasteiger partial charge in [0.25, 0.3) is 0 Å². The lowest BCUT2D eigenvalue weighted by Gasteiger charge is -2.13. The van der Waals surface area contributed by atoms with E-state index < -0.39 is 6.03 Å². The molecule has 3 heterocycles. The topological polar surface area (TPSA) is 146 Å². The molecule has 1 aromatic carbocycles. The molecule has 3 aromatic heterocycles. The quantitative estimate of drug-likeness (QED) is 0.430. The van der Waals surface area contributed by atoms with Crippen LogP contribution < -0.4 is 16.0 Å². The van der Waals surface area contributed by atoms with E-state index in [2.05, 4.69) is 30.2 Å². The summed E-state index contributed by atoms with van der Waals surface area (Å²) in [5, 5.41) is 2.71. The number of amides is 4. The summed E-state index contributed by atoms with van der Waals surface area (Å²) >= 11 is 0. The van der Waals surface area contributed by atoms with Crippen LogP contribution in [-0.4, -0.2) is 62.5 Å². The minimum atomic E-state index is -0.603.